The van der Waals surface area contributed by atoms with E-state index in [1.165, 1.54) is 12.2 Å². The van der Waals surface area contributed by atoms with Gasteiger partial charge in [0.05, 0.1) is 0 Å². The van der Waals surface area contributed by atoms with Gasteiger partial charge in [0.2, 0.25) is 0 Å². The molecule has 0 aliphatic carbocycles. The Bertz CT molecular complexity index is 56.3. The molecule has 3 heteroatoms. The Labute approximate surface area is 73.0 Å². The average Bonchev–Trinajstić information content (AvgIpc) is 1.85. The molecule has 0 N–H and O–H groups in total. The number of hydrogen-bond acceptors (Lipinski definition) is 3. The van der Waals surface area contributed by atoms with Crippen molar-refractivity contribution in [2.75, 3.05) is 11.5 Å². The van der Waals surface area contributed by atoms with Crippen LogP contribution in [0.25, 0.3) is 0 Å². The largest absolute Gasteiger partial charge is 0.179 e. The molecule has 0 aromatic heterocycles. The van der Waals surface area contributed by atoms with Crippen LogP contribution in [-0.2, 0) is 0 Å². The Morgan fingerprint density at radius 1 is 1.56 bits per heavy atom. The Kier molecular flexibility index (Phi) is 8.00. The minimum Gasteiger partial charge on any atom is -0.179 e. The van der Waals surface area contributed by atoms with E-state index in [1.54, 1.807) is 0 Å². The van der Waals surface area contributed by atoms with Gasteiger partial charge < -0.3 is 0 Å². The maximum atomic E-state index is 4.36. The van der Waals surface area contributed by atoms with E-state index in [0.29, 0.717) is 4.58 Å². The van der Waals surface area contributed by atoms with Crippen LogP contribution in [0.3, 0.4) is 0 Å². The predicted octanol–water partition coefficient (Wildman–Crippen LogP) is 2.71. The van der Waals surface area contributed by atoms with Gasteiger partial charge in [0, 0.05) is 4.58 Å². The van der Waals surface area contributed by atoms with Crippen LogP contribution in [0.1, 0.15) is 19.8 Å². The molecule has 56 valence electrons. The topological polar surface area (TPSA) is 0 Å². The molecule has 0 aliphatic heterocycles. The standard InChI is InChI=1S/C6H14S3/c1-2-5-9-6(8)3-4-7/h6-8H,2-5H2,1H3. The molecular weight excluding hydrogens is 168 g/mol. The summed E-state index contributed by atoms with van der Waals surface area (Å²) >= 11 is 10.4. The van der Waals surface area contributed by atoms with Crippen molar-refractivity contribution in [3.63, 3.8) is 0 Å². The van der Waals surface area contributed by atoms with Crippen LogP contribution >= 0.6 is 37.0 Å². The van der Waals surface area contributed by atoms with Crippen molar-refractivity contribution in [1.82, 2.24) is 0 Å². The van der Waals surface area contributed by atoms with Gasteiger partial charge in [-0.05, 0) is 24.3 Å². The zero-order valence-electron chi connectivity index (χ0n) is 5.71. The molecule has 9 heavy (non-hydrogen) atoms. The van der Waals surface area contributed by atoms with E-state index < -0.39 is 0 Å². The molecule has 0 aliphatic rings. The molecule has 1 unspecified atom stereocenters. The molecule has 0 nitrogen and oxygen atoms in total. The maximum absolute atomic E-state index is 4.36. The minimum absolute atomic E-state index is 0.502. The third kappa shape index (κ3) is 6.94. The van der Waals surface area contributed by atoms with Gasteiger partial charge in [0.1, 0.15) is 0 Å². The van der Waals surface area contributed by atoms with Crippen LogP contribution in [0.4, 0.5) is 0 Å². The molecule has 0 spiro atoms. The summed E-state index contributed by atoms with van der Waals surface area (Å²) in [6.07, 6.45) is 2.35. The van der Waals surface area contributed by atoms with Gasteiger partial charge >= 0.3 is 0 Å². The second kappa shape index (κ2) is 7.16. The SMILES string of the molecule is CCCSC(S)CCS. The molecule has 0 amide bonds. The molecule has 0 heterocycles. The van der Waals surface area contributed by atoms with Crippen LogP contribution in [0.2, 0.25) is 0 Å². The lowest BCUT2D eigenvalue weighted by atomic mass is 10.6. The van der Waals surface area contributed by atoms with Gasteiger partial charge in [0.15, 0.2) is 0 Å². The third-order valence-electron chi connectivity index (χ3n) is 0.890. The summed E-state index contributed by atoms with van der Waals surface area (Å²) in [5.74, 6) is 2.17. The number of thioether (sulfide) groups is 1. The van der Waals surface area contributed by atoms with E-state index in [2.05, 4.69) is 32.2 Å². The molecule has 0 aromatic carbocycles. The van der Waals surface area contributed by atoms with Crippen molar-refractivity contribution in [3.8, 4) is 0 Å². The average molecular weight is 182 g/mol. The molecule has 0 bridgehead atoms. The zero-order valence-corrected chi connectivity index (χ0v) is 8.31. The van der Waals surface area contributed by atoms with Gasteiger partial charge in [-0.2, -0.15) is 25.3 Å². The van der Waals surface area contributed by atoms with Crippen molar-refractivity contribution < 1.29 is 0 Å². The summed E-state index contributed by atoms with van der Waals surface area (Å²) in [4.78, 5) is 0. The van der Waals surface area contributed by atoms with Crippen LogP contribution in [0.5, 0.6) is 0 Å². The smallest absolute Gasteiger partial charge is 0.0480 e. The molecule has 0 saturated heterocycles. The summed E-state index contributed by atoms with van der Waals surface area (Å²) in [6.45, 7) is 2.19. The Morgan fingerprint density at radius 2 is 2.22 bits per heavy atom. The van der Waals surface area contributed by atoms with E-state index in [9.17, 15) is 0 Å². The Hall–Kier alpha value is 1.05. The molecule has 0 rings (SSSR count). The first-order valence-electron chi connectivity index (χ1n) is 3.21. The second-order valence-corrected chi connectivity index (χ2v) is 4.57. The van der Waals surface area contributed by atoms with Gasteiger partial charge in [-0.25, -0.2) is 0 Å². The van der Waals surface area contributed by atoms with Crippen molar-refractivity contribution in [2.45, 2.75) is 24.3 Å². The molecular formula is C6H14S3. The Balaban J connectivity index is 2.95. The van der Waals surface area contributed by atoms with Crippen molar-refractivity contribution >= 4 is 37.0 Å². The fraction of sp³-hybridized carbons (Fsp3) is 1.00. The summed E-state index contributed by atoms with van der Waals surface area (Å²) in [6, 6.07) is 0. The summed E-state index contributed by atoms with van der Waals surface area (Å²) in [7, 11) is 0. The first-order chi connectivity index (χ1) is 4.31. The Morgan fingerprint density at radius 3 is 2.67 bits per heavy atom. The molecule has 0 radical (unpaired) electrons. The van der Waals surface area contributed by atoms with Crippen LogP contribution in [0.15, 0.2) is 0 Å². The van der Waals surface area contributed by atoms with E-state index in [0.717, 1.165) is 12.2 Å². The van der Waals surface area contributed by atoms with Crippen LogP contribution in [-0.4, -0.2) is 16.1 Å². The predicted molar refractivity (Wildman–Crippen MR) is 54.0 cm³/mol. The third-order valence-corrected chi connectivity index (χ3v) is 3.12. The van der Waals surface area contributed by atoms with Crippen molar-refractivity contribution in [1.29, 1.82) is 0 Å². The van der Waals surface area contributed by atoms with Gasteiger partial charge in [-0.1, -0.05) is 6.92 Å². The monoisotopic (exact) mass is 182 g/mol. The second-order valence-electron chi connectivity index (χ2n) is 1.84. The first-order valence-corrected chi connectivity index (χ1v) is 5.41. The molecule has 0 fully saturated rings. The number of thiol groups is 2. The first kappa shape index (κ1) is 10.0. The highest BCUT2D eigenvalue weighted by Gasteiger charge is 1.98. The zero-order chi connectivity index (χ0) is 7.11. The minimum atomic E-state index is 0.502. The summed E-state index contributed by atoms with van der Waals surface area (Å²) in [5, 5.41) is 0. The van der Waals surface area contributed by atoms with Crippen LogP contribution in [0, 0.1) is 0 Å². The van der Waals surface area contributed by atoms with Crippen LogP contribution < -0.4 is 0 Å². The highest BCUT2D eigenvalue weighted by atomic mass is 32.2. The highest BCUT2D eigenvalue weighted by molar-refractivity contribution is 8.10. The molecule has 0 aromatic rings. The maximum Gasteiger partial charge on any atom is 0.0480 e. The summed E-state index contributed by atoms with van der Waals surface area (Å²) in [5.41, 5.74) is 0. The fourth-order valence-electron chi connectivity index (χ4n) is 0.448. The van der Waals surface area contributed by atoms with Gasteiger partial charge in [-0.15, -0.1) is 11.8 Å². The normalized spacial score (nSPS) is 13.7. The van der Waals surface area contributed by atoms with E-state index in [4.69, 9.17) is 0 Å². The van der Waals surface area contributed by atoms with Gasteiger partial charge in [0.25, 0.3) is 0 Å². The molecule has 0 saturated carbocycles. The lowest BCUT2D eigenvalue weighted by Crippen LogP contribution is -1.93. The molecule has 1 atom stereocenters. The van der Waals surface area contributed by atoms with E-state index in [1.807, 2.05) is 11.8 Å². The van der Waals surface area contributed by atoms with Crippen molar-refractivity contribution in [3.05, 3.63) is 0 Å². The fourth-order valence-corrected chi connectivity index (χ4v) is 2.32. The quantitative estimate of drug-likeness (QED) is 0.487. The lowest BCUT2D eigenvalue weighted by Gasteiger charge is -2.05. The van der Waals surface area contributed by atoms with E-state index >= 15 is 0 Å². The highest BCUT2D eigenvalue weighted by Crippen LogP contribution is 2.18. The summed E-state index contributed by atoms with van der Waals surface area (Å²) < 4.78 is 0.502. The van der Waals surface area contributed by atoms with Crippen molar-refractivity contribution in [2.24, 2.45) is 0 Å². The van der Waals surface area contributed by atoms with E-state index in [-0.39, 0.29) is 0 Å². The number of rotatable bonds is 5. The number of hydrogen-bond donors (Lipinski definition) is 2. The van der Waals surface area contributed by atoms with Gasteiger partial charge in [-0.3, -0.25) is 0 Å². The lowest BCUT2D eigenvalue weighted by molar-refractivity contribution is 1.06.